The second-order valence-electron chi connectivity index (χ2n) is 9.31. The van der Waals surface area contributed by atoms with Gasteiger partial charge in [0.25, 0.3) is 5.91 Å². The first-order valence-electron chi connectivity index (χ1n) is 11.9. The lowest BCUT2D eigenvalue weighted by Crippen LogP contribution is -2.20. The average Bonchev–Trinajstić information content (AvgIpc) is 3.40. The highest BCUT2D eigenvalue weighted by atomic mass is 16.5. The molecule has 2 N–H and O–H groups in total. The van der Waals surface area contributed by atoms with Crippen molar-refractivity contribution in [1.82, 2.24) is 9.88 Å². The second-order valence-corrected chi connectivity index (χ2v) is 9.31. The van der Waals surface area contributed by atoms with Gasteiger partial charge < -0.3 is 24.7 Å². The Hall–Kier alpha value is -2.83. The number of ether oxygens (including phenoxy) is 2. The van der Waals surface area contributed by atoms with Crippen molar-refractivity contribution in [3.63, 3.8) is 0 Å². The molecule has 1 aromatic heterocycles. The maximum absolute atomic E-state index is 12.8. The van der Waals surface area contributed by atoms with Crippen LogP contribution in [0.4, 0.5) is 5.69 Å². The molecule has 176 valence electrons. The molecule has 1 fully saturated rings. The zero-order valence-corrected chi connectivity index (χ0v) is 20.1. The highest BCUT2D eigenvalue weighted by Gasteiger charge is 2.16. The largest absolute Gasteiger partial charge is 0.491 e. The van der Waals surface area contributed by atoms with Crippen molar-refractivity contribution in [3.05, 3.63) is 59.3 Å². The van der Waals surface area contributed by atoms with Gasteiger partial charge in [0.1, 0.15) is 12.4 Å². The minimum atomic E-state index is -0.132. The van der Waals surface area contributed by atoms with Gasteiger partial charge in [-0.25, -0.2) is 0 Å². The SMILES string of the molecule is Cc1c(CNCC(C)C)n(C)c2ccc(NC(=O)c3ccc(OC[C@@H]4CCCO4)cc3)cc12. The van der Waals surface area contributed by atoms with Crippen LogP contribution in [0.25, 0.3) is 10.9 Å². The molecule has 4 rings (SSSR count). The molecule has 0 unspecified atom stereocenters. The number of aromatic nitrogens is 1. The smallest absolute Gasteiger partial charge is 0.255 e. The van der Waals surface area contributed by atoms with Crippen LogP contribution >= 0.6 is 0 Å². The van der Waals surface area contributed by atoms with Crippen LogP contribution in [0.1, 0.15) is 48.3 Å². The Kier molecular flexibility index (Phi) is 7.36. The number of nitrogens with one attached hydrogen (secondary N) is 2. The lowest BCUT2D eigenvalue weighted by Gasteiger charge is -2.12. The number of carbonyl (C=O) groups is 1. The van der Waals surface area contributed by atoms with Gasteiger partial charge in [0.15, 0.2) is 0 Å². The summed E-state index contributed by atoms with van der Waals surface area (Å²) in [6.07, 6.45) is 2.32. The first-order chi connectivity index (χ1) is 15.9. The summed E-state index contributed by atoms with van der Waals surface area (Å²) >= 11 is 0. The quantitative estimate of drug-likeness (QED) is 0.480. The van der Waals surface area contributed by atoms with Gasteiger partial charge in [0.2, 0.25) is 0 Å². The minimum absolute atomic E-state index is 0.132. The van der Waals surface area contributed by atoms with E-state index in [1.54, 1.807) is 12.1 Å². The number of carbonyl (C=O) groups excluding carboxylic acids is 1. The summed E-state index contributed by atoms with van der Waals surface area (Å²) in [5.41, 5.74) is 5.07. The van der Waals surface area contributed by atoms with E-state index in [0.29, 0.717) is 18.1 Å². The zero-order chi connectivity index (χ0) is 23.4. The molecule has 33 heavy (non-hydrogen) atoms. The number of hydrogen-bond donors (Lipinski definition) is 2. The van der Waals surface area contributed by atoms with Crippen molar-refractivity contribution in [1.29, 1.82) is 0 Å². The fourth-order valence-electron chi connectivity index (χ4n) is 4.36. The second kappa shape index (κ2) is 10.4. The van der Waals surface area contributed by atoms with Gasteiger partial charge in [-0.2, -0.15) is 0 Å². The summed E-state index contributed by atoms with van der Waals surface area (Å²) in [6, 6.07) is 13.4. The third-order valence-electron chi connectivity index (χ3n) is 6.28. The van der Waals surface area contributed by atoms with Crippen molar-refractivity contribution in [2.45, 2.75) is 46.3 Å². The molecule has 6 nitrogen and oxygen atoms in total. The number of aryl methyl sites for hydroxylation is 2. The number of hydrogen-bond acceptors (Lipinski definition) is 4. The van der Waals surface area contributed by atoms with Gasteiger partial charge in [-0.05, 0) is 80.3 Å². The summed E-state index contributed by atoms with van der Waals surface area (Å²) < 4.78 is 13.6. The van der Waals surface area contributed by atoms with Crippen LogP contribution in [0.3, 0.4) is 0 Å². The monoisotopic (exact) mass is 449 g/mol. The molecular formula is C27H35N3O3. The highest BCUT2D eigenvalue weighted by Crippen LogP contribution is 2.28. The molecule has 0 bridgehead atoms. The van der Waals surface area contributed by atoms with E-state index in [0.717, 1.165) is 49.4 Å². The van der Waals surface area contributed by atoms with Gasteiger partial charge in [-0.3, -0.25) is 4.79 Å². The van der Waals surface area contributed by atoms with Gasteiger partial charge in [-0.15, -0.1) is 0 Å². The molecule has 2 aromatic carbocycles. The lowest BCUT2D eigenvalue weighted by atomic mass is 10.1. The van der Waals surface area contributed by atoms with Crippen LogP contribution in [-0.4, -0.2) is 36.3 Å². The lowest BCUT2D eigenvalue weighted by molar-refractivity contribution is 0.0679. The Balaban J connectivity index is 1.41. The molecule has 0 radical (unpaired) electrons. The molecule has 1 amide bonds. The van der Waals surface area contributed by atoms with E-state index >= 15 is 0 Å². The third kappa shape index (κ3) is 5.57. The zero-order valence-electron chi connectivity index (χ0n) is 20.1. The van der Waals surface area contributed by atoms with Gasteiger partial charge in [0, 0.05) is 48.0 Å². The molecule has 6 heteroatoms. The van der Waals surface area contributed by atoms with Crippen LogP contribution in [0.15, 0.2) is 42.5 Å². The normalized spacial score (nSPS) is 16.0. The van der Waals surface area contributed by atoms with E-state index < -0.39 is 0 Å². The summed E-state index contributed by atoms with van der Waals surface area (Å²) in [6.45, 7) is 9.76. The van der Waals surface area contributed by atoms with Crippen molar-refractivity contribution in [2.75, 3.05) is 25.1 Å². The van der Waals surface area contributed by atoms with Crippen molar-refractivity contribution >= 4 is 22.5 Å². The Bertz CT molecular complexity index is 1100. The molecule has 0 saturated carbocycles. The van der Waals surface area contributed by atoms with Crippen molar-refractivity contribution < 1.29 is 14.3 Å². The molecule has 1 aliphatic heterocycles. The number of rotatable bonds is 9. The maximum atomic E-state index is 12.8. The molecule has 0 spiro atoms. The highest BCUT2D eigenvalue weighted by molar-refractivity contribution is 6.05. The molecule has 1 saturated heterocycles. The summed E-state index contributed by atoms with van der Waals surface area (Å²) in [4.78, 5) is 12.8. The summed E-state index contributed by atoms with van der Waals surface area (Å²) in [5.74, 6) is 1.23. The predicted molar refractivity (Wildman–Crippen MR) is 133 cm³/mol. The van der Waals surface area contributed by atoms with E-state index in [1.165, 1.54) is 16.8 Å². The molecule has 1 aliphatic rings. The number of nitrogens with zero attached hydrogens (tertiary/aromatic N) is 1. The number of fused-ring (bicyclic) bond motifs is 1. The van der Waals surface area contributed by atoms with E-state index in [2.05, 4.69) is 55.2 Å². The maximum Gasteiger partial charge on any atom is 0.255 e. The van der Waals surface area contributed by atoms with Gasteiger partial charge in [-0.1, -0.05) is 13.8 Å². The first-order valence-corrected chi connectivity index (χ1v) is 11.9. The van der Waals surface area contributed by atoms with E-state index in [1.807, 2.05) is 18.2 Å². The minimum Gasteiger partial charge on any atom is -0.491 e. The summed E-state index contributed by atoms with van der Waals surface area (Å²) in [5, 5.41) is 7.73. The first kappa shape index (κ1) is 23.3. The Morgan fingerprint density at radius 3 is 2.70 bits per heavy atom. The van der Waals surface area contributed by atoms with Gasteiger partial charge in [0.05, 0.1) is 6.10 Å². The number of anilines is 1. The Morgan fingerprint density at radius 2 is 2.00 bits per heavy atom. The fourth-order valence-corrected chi connectivity index (χ4v) is 4.36. The van der Waals surface area contributed by atoms with Crippen LogP contribution in [-0.2, 0) is 18.3 Å². The average molecular weight is 450 g/mol. The summed E-state index contributed by atoms with van der Waals surface area (Å²) in [7, 11) is 2.10. The molecular weight excluding hydrogens is 414 g/mol. The molecule has 2 heterocycles. The predicted octanol–water partition coefficient (Wildman–Crippen LogP) is 5.04. The Morgan fingerprint density at radius 1 is 1.21 bits per heavy atom. The van der Waals surface area contributed by atoms with Gasteiger partial charge >= 0.3 is 0 Å². The molecule has 3 aromatic rings. The van der Waals surface area contributed by atoms with Crippen LogP contribution in [0, 0.1) is 12.8 Å². The van der Waals surface area contributed by atoms with Crippen molar-refractivity contribution in [2.24, 2.45) is 13.0 Å². The van der Waals surface area contributed by atoms with E-state index in [-0.39, 0.29) is 12.0 Å². The standard InChI is InChI=1S/C27H35N3O3/c1-18(2)15-28-16-26-19(3)24-14-21(9-12-25(24)30(26)4)29-27(31)20-7-10-22(11-8-20)33-17-23-6-5-13-32-23/h7-12,14,18,23,28H,5-6,13,15-17H2,1-4H3,(H,29,31)/t23-/m0/s1. The fraction of sp³-hybridized carbons (Fsp3) is 0.444. The Labute approximate surface area is 196 Å². The third-order valence-corrected chi connectivity index (χ3v) is 6.28. The molecule has 1 atom stereocenters. The van der Waals surface area contributed by atoms with Crippen molar-refractivity contribution in [3.8, 4) is 5.75 Å². The van der Waals surface area contributed by atoms with Crippen LogP contribution < -0.4 is 15.4 Å². The van der Waals surface area contributed by atoms with Crippen LogP contribution in [0.5, 0.6) is 5.75 Å². The van der Waals surface area contributed by atoms with E-state index in [9.17, 15) is 4.79 Å². The number of benzene rings is 2. The van der Waals surface area contributed by atoms with Crippen LogP contribution in [0.2, 0.25) is 0 Å². The number of amides is 1. The molecule has 0 aliphatic carbocycles. The topological polar surface area (TPSA) is 64.5 Å². The van der Waals surface area contributed by atoms with E-state index in [4.69, 9.17) is 9.47 Å².